The zero-order chi connectivity index (χ0) is 12.9. The summed E-state index contributed by atoms with van der Waals surface area (Å²) in [6, 6.07) is 2.15. The van der Waals surface area contributed by atoms with Gasteiger partial charge in [-0.2, -0.15) is 5.10 Å². The number of aromatic nitrogens is 2. The molecule has 1 N–H and O–H groups in total. The first kappa shape index (κ1) is 14.2. The van der Waals surface area contributed by atoms with Crippen LogP contribution in [0.1, 0.15) is 59.1 Å². The monoisotopic (exact) mass is 237 g/mol. The van der Waals surface area contributed by atoms with Gasteiger partial charge in [-0.15, -0.1) is 0 Å². The van der Waals surface area contributed by atoms with Crippen molar-refractivity contribution in [2.45, 2.75) is 65.5 Å². The zero-order valence-corrected chi connectivity index (χ0v) is 12.0. The van der Waals surface area contributed by atoms with Crippen LogP contribution in [0.2, 0.25) is 0 Å². The van der Waals surface area contributed by atoms with Crippen LogP contribution in [-0.2, 0) is 6.54 Å². The zero-order valence-electron chi connectivity index (χ0n) is 12.0. The molecule has 0 fully saturated rings. The SMILES string of the molecule is CCCn1nccc1C(C)CCNC(C)(C)C. The Balaban J connectivity index is 2.46. The summed E-state index contributed by atoms with van der Waals surface area (Å²) in [6.45, 7) is 13.2. The highest BCUT2D eigenvalue weighted by atomic mass is 15.3. The van der Waals surface area contributed by atoms with Crippen molar-refractivity contribution in [3.63, 3.8) is 0 Å². The summed E-state index contributed by atoms with van der Waals surface area (Å²) in [5, 5.41) is 7.92. The molecule has 0 saturated heterocycles. The minimum atomic E-state index is 0.212. The summed E-state index contributed by atoms with van der Waals surface area (Å²) in [7, 11) is 0. The highest BCUT2D eigenvalue weighted by molar-refractivity contribution is 5.06. The fraction of sp³-hybridized carbons (Fsp3) is 0.786. The second-order valence-electron chi connectivity index (χ2n) is 5.85. The second-order valence-corrected chi connectivity index (χ2v) is 5.85. The van der Waals surface area contributed by atoms with Crippen LogP contribution < -0.4 is 5.32 Å². The largest absolute Gasteiger partial charge is 0.312 e. The van der Waals surface area contributed by atoms with Crippen LogP contribution in [-0.4, -0.2) is 21.9 Å². The maximum Gasteiger partial charge on any atom is 0.0492 e. The Morgan fingerprint density at radius 2 is 2.12 bits per heavy atom. The fourth-order valence-electron chi connectivity index (χ4n) is 1.97. The first-order valence-electron chi connectivity index (χ1n) is 6.70. The molecule has 1 aromatic heterocycles. The smallest absolute Gasteiger partial charge is 0.0492 e. The van der Waals surface area contributed by atoms with Gasteiger partial charge in [0.1, 0.15) is 0 Å². The third kappa shape index (κ3) is 4.90. The number of hydrogen-bond acceptors (Lipinski definition) is 2. The quantitative estimate of drug-likeness (QED) is 0.823. The lowest BCUT2D eigenvalue weighted by Gasteiger charge is -2.22. The Kier molecular flexibility index (Phi) is 5.19. The lowest BCUT2D eigenvalue weighted by molar-refractivity contribution is 0.409. The molecule has 17 heavy (non-hydrogen) atoms. The highest BCUT2D eigenvalue weighted by Crippen LogP contribution is 2.18. The van der Waals surface area contributed by atoms with Gasteiger partial charge < -0.3 is 5.32 Å². The number of aryl methyl sites for hydroxylation is 1. The summed E-state index contributed by atoms with van der Waals surface area (Å²) in [5.41, 5.74) is 1.58. The Hall–Kier alpha value is -0.830. The summed E-state index contributed by atoms with van der Waals surface area (Å²) >= 11 is 0. The Labute approximate surface area is 106 Å². The van der Waals surface area contributed by atoms with Crippen LogP contribution in [0.15, 0.2) is 12.3 Å². The van der Waals surface area contributed by atoms with Crippen LogP contribution in [0.25, 0.3) is 0 Å². The molecule has 0 aliphatic carbocycles. The Morgan fingerprint density at radius 3 is 2.71 bits per heavy atom. The molecule has 0 saturated carbocycles. The van der Waals surface area contributed by atoms with Crippen LogP contribution in [0, 0.1) is 0 Å². The Bertz CT molecular complexity index is 322. The minimum absolute atomic E-state index is 0.212. The molecule has 98 valence electrons. The standard InChI is InChI=1S/C14H27N3/c1-6-11-17-13(8-10-16-17)12(2)7-9-15-14(3,4)5/h8,10,12,15H,6-7,9,11H2,1-5H3. The van der Waals surface area contributed by atoms with E-state index in [1.807, 2.05) is 6.20 Å². The number of nitrogens with one attached hydrogen (secondary N) is 1. The second kappa shape index (κ2) is 6.20. The molecule has 1 rings (SSSR count). The molecule has 1 heterocycles. The van der Waals surface area contributed by atoms with E-state index in [4.69, 9.17) is 0 Å². The summed E-state index contributed by atoms with van der Waals surface area (Å²) in [6.07, 6.45) is 4.22. The van der Waals surface area contributed by atoms with Gasteiger partial charge in [0, 0.05) is 24.0 Å². The van der Waals surface area contributed by atoms with Crippen LogP contribution >= 0.6 is 0 Å². The topological polar surface area (TPSA) is 29.9 Å². The van der Waals surface area contributed by atoms with Gasteiger partial charge in [-0.3, -0.25) is 4.68 Å². The molecular formula is C14H27N3. The van der Waals surface area contributed by atoms with Crippen LogP contribution in [0.4, 0.5) is 0 Å². The predicted octanol–water partition coefficient (Wildman–Crippen LogP) is 3.17. The van der Waals surface area contributed by atoms with E-state index in [0.29, 0.717) is 5.92 Å². The molecule has 1 atom stereocenters. The van der Waals surface area contributed by atoms with Gasteiger partial charge in [0.25, 0.3) is 0 Å². The first-order valence-corrected chi connectivity index (χ1v) is 6.70. The molecule has 0 bridgehead atoms. The number of hydrogen-bond donors (Lipinski definition) is 1. The van der Waals surface area contributed by atoms with E-state index in [1.54, 1.807) is 0 Å². The van der Waals surface area contributed by atoms with Crippen LogP contribution in [0.3, 0.4) is 0 Å². The van der Waals surface area contributed by atoms with Gasteiger partial charge >= 0.3 is 0 Å². The lowest BCUT2D eigenvalue weighted by Crippen LogP contribution is -2.36. The van der Waals surface area contributed by atoms with E-state index in [1.165, 1.54) is 5.69 Å². The normalized spacial score (nSPS) is 13.9. The summed E-state index contributed by atoms with van der Waals surface area (Å²) in [5.74, 6) is 0.568. The third-order valence-corrected chi connectivity index (χ3v) is 2.92. The van der Waals surface area contributed by atoms with Gasteiger partial charge in [-0.1, -0.05) is 13.8 Å². The predicted molar refractivity (Wildman–Crippen MR) is 73.3 cm³/mol. The molecular weight excluding hydrogens is 210 g/mol. The average molecular weight is 237 g/mol. The van der Waals surface area contributed by atoms with Crippen LogP contribution in [0.5, 0.6) is 0 Å². The van der Waals surface area contributed by atoms with Crippen molar-refractivity contribution in [1.29, 1.82) is 0 Å². The van der Waals surface area contributed by atoms with Crippen molar-refractivity contribution < 1.29 is 0 Å². The van der Waals surface area contributed by atoms with E-state index < -0.39 is 0 Å². The van der Waals surface area contributed by atoms with Gasteiger partial charge in [-0.25, -0.2) is 0 Å². The molecule has 1 unspecified atom stereocenters. The molecule has 0 aliphatic rings. The van der Waals surface area contributed by atoms with E-state index >= 15 is 0 Å². The first-order chi connectivity index (χ1) is 7.94. The molecule has 0 aromatic carbocycles. The van der Waals surface area contributed by atoms with Crippen molar-refractivity contribution in [1.82, 2.24) is 15.1 Å². The number of rotatable bonds is 6. The van der Waals surface area contributed by atoms with E-state index in [2.05, 4.69) is 55.8 Å². The minimum Gasteiger partial charge on any atom is -0.312 e. The van der Waals surface area contributed by atoms with Gasteiger partial charge in [0.05, 0.1) is 0 Å². The maximum absolute atomic E-state index is 4.38. The molecule has 0 spiro atoms. The number of nitrogens with zero attached hydrogens (tertiary/aromatic N) is 2. The third-order valence-electron chi connectivity index (χ3n) is 2.92. The molecule has 1 aromatic rings. The average Bonchev–Trinajstić information content (AvgIpc) is 2.64. The van der Waals surface area contributed by atoms with Crippen molar-refractivity contribution in [2.24, 2.45) is 0 Å². The fourth-order valence-corrected chi connectivity index (χ4v) is 1.97. The molecule has 0 radical (unpaired) electrons. The van der Waals surface area contributed by atoms with Crippen molar-refractivity contribution in [3.05, 3.63) is 18.0 Å². The van der Waals surface area contributed by atoms with Gasteiger partial charge in [-0.05, 0) is 52.1 Å². The maximum atomic E-state index is 4.38. The van der Waals surface area contributed by atoms with E-state index in [9.17, 15) is 0 Å². The molecule has 0 amide bonds. The van der Waals surface area contributed by atoms with Gasteiger partial charge in [0.2, 0.25) is 0 Å². The van der Waals surface area contributed by atoms with Crippen molar-refractivity contribution >= 4 is 0 Å². The van der Waals surface area contributed by atoms with E-state index in [-0.39, 0.29) is 5.54 Å². The summed E-state index contributed by atoms with van der Waals surface area (Å²) < 4.78 is 2.14. The summed E-state index contributed by atoms with van der Waals surface area (Å²) in [4.78, 5) is 0. The Morgan fingerprint density at radius 1 is 1.41 bits per heavy atom. The van der Waals surface area contributed by atoms with Crippen molar-refractivity contribution in [2.75, 3.05) is 6.54 Å². The van der Waals surface area contributed by atoms with Crippen molar-refractivity contribution in [3.8, 4) is 0 Å². The van der Waals surface area contributed by atoms with E-state index in [0.717, 1.165) is 25.9 Å². The molecule has 3 nitrogen and oxygen atoms in total. The lowest BCUT2D eigenvalue weighted by atomic mass is 10.0. The highest BCUT2D eigenvalue weighted by Gasteiger charge is 2.13. The molecule has 3 heteroatoms. The molecule has 0 aliphatic heterocycles. The van der Waals surface area contributed by atoms with Gasteiger partial charge in [0.15, 0.2) is 0 Å².